The van der Waals surface area contributed by atoms with Crippen LogP contribution in [0.5, 0.6) is 0 Å². The second kappa shape index (κ2) is 5.84. The zero-order chi connectivity index (χ0) is 16.5. The summed E-state index contributed by atoms with van der Waals surface area (Å²) in [5, 5.41) is 8.72. The second-order valence-corrected chi connectivity index (χ2v) is 4.87. The van der Waals surface area contributed by atoms with Gasteiger partial charge in [0.25, 0.3) is 5.56 Å². The van der Waals surface area contributed by atoms with E-state index in [0.717, 1.165) is 28.8 Å². The number of benzene rings is 1. The lowest BCUT2D eigenvalue weighted by Gasteiger charge is -2.11. The molecule has 0 aliphatic heterocycles. The molecule has 0 amide bonds. The minimum absolute atomic E-state index is 0.128. The van der Waals surface area contributed by atoms with Crippen molar-refractivity contribution in [3.05, 3.63) is 68.6 Å². The lowest BCUT2D eigenvalue weighted by molar-refractivity contribution is -0.137. The molecule has 1 heterocycles. The SMILES string of the molecule is O=C(O)c1cccn(Cc2ccc(C(F)(F)F)cc2Cl)c1=O. The van der Waals surface area contributed by atoms with Crippen molar-refractivity contribution < 1.29 is 23.1 Å². The van der Waals surface area contributed by atoms with Crippen LogP contribution in [0.25, 0.3) is 0 Å². The van der Waals surface area contributed by atoms with E-state index in [2.05, 4.69) is 0 Å². The number of carbonyl (C=O) groups is 1. The minimum Gasteiger partial charge on any atom is -0.477 e. The lowest BCUT2D eigenvalue weighted by atomic mass is 10.1. The van der Waals surface area contributed by atoms with Gasteiger partial charge < -0.3 is 9.67 Å². The molecule has 0 bridgehead atoms. The van der Waals surface area contributed by atoms with Crippen LogP contribution in [0.3, 0.4) is 0 Å². The summed E-state index contributed by atoms with van der Waals surface area (Å²) in [6, 6.07) is 5.29. The molecule has 0 spiro atoms. The Hall–Kier alpha value is -2.28. The van der Waals surface area contributed by atoms with Crippen LogP contribution >= 0.6 is 11.6 Å². The predicted octanol–water partition coefficient (Wildman–Crippen LogP) is 3.27. The van der Waals surface area contributed by atoms with Crippen molar-refractivity contribution in [1.82, 2.24) is 4.57 Å². The second-order valence-electron chi connectivity index (χ2n) is 4.46. The molecule has 22 heavy (non-hydrogen) atoms. The molecule has 1 aromatic heterocycles. The first kappa shape index (κ1) is 16.1. The fourth-order valence-corrected chi connectivity index (χ4v) is 2.10. The number of aromatic nitrogens is 1. The molecule has 1 N–H and O–H groups in total. The summed E-state index contributed by atoms with van der Waals surface area (Å²) in [6.07, 6.45) is -3.18. The van der Waals surface area contributed by atoms with E-state index in [9.17, 15) is 22.8 Å². The number of carboxylic acid groups (broad SMARTS) is 1. The average Bonchev–Trinajstić information content (AvgIpc) is 2.41. The highest BCUT2D eigenvalue weighted by Gasteiger charge is 2.30. The summed E-state index contributed by atoms with van der Waals surface area (Å²) < 4.78 is 38.7. The standard InChI is InChI=1S/C14H9ClF3NO3/c15-11-6-9(14(16,17)18)4-3-8(11)7-19-5-1-2-10(12(19)20)13(21)22/h1-6H,7H2,(H,21,22). The van der Waals surface area contributed by atoms with Gasteiger partial charge >= 0.3 is 12.1 Å². The molecule has 4 nitrogen and oxygen atoms in total. The van der Waals surface area contributed by atoms with E-state index in [1.807, 2.05) is 0 Å². The van der Waals surface area contributed by atoms with Crippen molar-refractivity contribution in [1.29, 1.82) is 0 Å². The van der Waals surface area contributed by atoms with E-state index in [0.29, 0.717) is 0 Å². The Morgan fingerprint density at radius 1 is 1.27 bits per heavy atom. The van der Waals surface area contributed by atoms with Gasteiger partial charge in [-0.1, -0.05) is 17.7 Å². The predicted molar refractivity (Wildman–Crippen MR) is 73.2 cm³/mol. The Kier molecular flexibility index (Phi) is 4.27. The highest BCUT2D eigenvalue weighted by molar-refractivity contribution is 6.31. The van der Waals surface area contributed by atoms with Gasteiger partial charge in [-0.05, 0) is 29.8 Å². The van der Waals surface area contributed by atoms with Crippen LogP contribution in [0.4, 0.5) is 13.2 Å². The molecule has 0 radical (unpaired) electrons. The van der Waals surface area contributed by atoms with Gasteiger partial charge in [-0.3, -0.25) is 4.79 Å². The number of aromatic carboxylic acids is 1. The molecule has 0 fully saturated rings. The zero-order valence-corrected chi connectivity index (χ0v) is 11.6. The van der Waals surface area contributed by atoms with Gasteiger partial charge in [0.1, 0.15) is 5.56 Å². The Labute approximate surface area is 127 Å². The Morgan fingerprint density at radius 3 is 2.50 bits per heavy atom. The van der Waals surface area contributed by atoms with Gasteiger partial charge in [0, 0.05) is 11.2 Å². The number of hydrogen-bond acceptors (Lipinski definition) is 2. The van der Waals surface area contributed by atoms with E-state index in [1.165, 1.54) is 12.3 Å². The van der Waals surface area contributed by atoms with Crippen LogP contribution in [0.2, 0.25) is 5.02 Å². The smallest absolute Gasteiger partial charge is 0.416 e. The van der Waals surface area contributed by atoms with Crippen LogP contribution < -0.4 is 5.56 Å². The highest BCUT2D eigenvalue weighted by atomic mass is 35.5. The maximum absolute atomic E-state index is 12.6. The maximum Gasteiger partial charge on any atom is 0.416 e. The molecular weight excluding hydrogens is 323 g/mol. The number of pyridine rings is 1. The third-order valence-electron chi connectivity index (χ3n) is 2.97. The zero-order valence-electron chi connectivity index (χ0n) is 10.9. The normalized spacial score (nSPS) is 11.5. The lowest BCUT2D eigenvalue weighted by Crippen LogP contribution is -2.26. The van der Waals surface area contributed by atoms with Gasteiger partial charge in [0.05, 0.1) is 12.1 Å². The van der Waals surface area contributed by atoms with Crippen LogP contribution in [-0.2, 0) is 12.7 Å². The molecule has 0 aliphatic carbocycles. The summed E-state index contributed by atoms with van der Waals surface area (Å²) in [5.74, 6) is -1.38. The first-order valence-corrected chi connectivity index (χ1v) is 6.36. The molecule has 2 rings (SSSR count). The van der Waals surface area contributed by atoms with Gasteiger partial charge in [-0.25, -0.2) is 4.79 Å². The number of hydrogen-bond donors (Lipinski definition) is 1. The fraction of sp³-hybridized carbons (Fsp3) is 0.143. The molecule has 116 valence electrons. The molecular formula is C14H9ClF3NO3. The van der Waals surface area contributed by atoms with E-state index >= 15 is 0 Å². The Bertz CT molecular complexity index is 784. The average molecular weight is 332 g/mol. The largest absolute Gasteiger partial charge is 0.477 e. The first-order chi connectivity index (χ1) is 10.2. The Balaban J connectivity index is 2.39. The molecule has 1 aromatic carbocycles. The van der Waals surface area contributed by atoms with Crippen LogP contribution in [-0.4, -0.2) is 15.6 Å². The van der Waals surface area contributed by atoms with Gasteiger partial charge in [0.15, 0.2) is 0 Å². The first-order valence-electron chi connectivity index (χ1n) is 5.98. The van der Waals surface area contributed by atoms with Crippen molar-refractivity contribution in [2.24, 2.45) is 0 Å². The summed E-state index contributed by atoms with van der Waals surface area (Å²) in [6.45, 7) is -0.128. The fourth-order valence-electron chi connectivity index (χ4n) is 1.86. The quantitative estimate of drug-likeness (QED) is 0.939. The molecule has 0 unspecified atom stereocenters. The highest BCUT2D eigenvalue weighted by Crippen LogP contribution is 2.32. The van der Waals surface area contributed by atoms with Gasteiger partial charge in [-0.2, -0.15) is 13.2 Å². The van der Waals surface area contributed by atoms with E-state index in [1.54, 1.807) is 0 Å². The van der Waals surface area contributed by atoms with Crippen molar-refractivity contribution in [2.75, 3.05) is 0 Å². The van der Waals surface area contributed by atoms with Crippen molar-refractivity contribution in [3.8, 4) is 0 Å². The molecule has 0 aliphatic rings. The number of carboxylic acids is 1. The van der Waals surface area contributed by atoms with Crippen LogP contribution in [0.15, 0.2) is 41.3 Å². The van der Waals surface area contributed by atoms with Crippen molar-refractivity contribution in [2.45, 2.75) is 12.7 Å². The summed E-state index contributed by atoms with van der Waals surface area (Å²) in [7, 11) is 0. The monoisotopic (exact) mass is 331 g/mol. The van der Waals surface area contributed by atoms with Crippen molar-refractivity contribution >= 4 is 17.6 Å². The summed E-state index contributed by atoms with van der Waals surface area (Å²) in [5.41, 5.74) is -1.80. The van der Waals surface area contributed by atoms with Gasteiger partial charge in [0.2, 0.25) is 0 Å². The third kappa shape index (κ3) is 3.30. The summed E-state index contributed by atoms with van der Waals surface area (Å²) in [4.78, 5) is 22.8. The minimum atomic E-state index is -4.51. The number of halogens is 4. The topological polar surface area (TPSA) is 59.3 Å². The van der Waals surface area contributed by atoms with Crippen molar-refractivity contribution in [3.63, 3.8) is 0 Å². The molecule has 0 saturated carbocycles. The van der Waals surface area contributed by atoms with E-state index in [4.69, 9.17) is 16.7 Å². The number of nitrogens with zero attached hydrogens (tertiary/aromatic N) is 1. The number of alkyl halides is 3. The number of rotatable bonds is 3. The molecule has 0 atom stereocenters. The van der Waals surface area contributed by atoms with E-state index in [-0.39, 0.29) is 17.1 Å². The van der Waals surface area contributed by atoms with Crippen LogP contribution in [0, 0.1) is 0 Å². The van der Waals surface area contributed by atoms with Crippen LogP contribution in [0.1, 0.15) is 21.5 Å². The molecule has 8 heteroatoms. The molecule has 2 aromatic rings. The summed E-state index contributed by atoms with van der Waals surface area (Å²) >= 11 is 5.81. The maximum atomic E-state index is 12.6. The van der Waals surface area contributed by atoms with E-state index < -0.39 is 28.8 Å². The molecule has 0 saturated heterocycles. The third-order valence-corrected chi connectivity index (χ3v) is 3.32. The Morgan fingerprint density at radius 2 is 1.95 bits per heavy atom. The van der Waals surface area contributed by atoms with Gasteiger partial charge in [-0.15, -0.1) is 0 Å².